The number of benzene rings is 2. The molecule has 1 fully saturated rings. The number of rotatable bonds is 3. The molecule has 23 heavy (non-hydrogen) atoms. The molecule has 0 N–H and O–H groups in total. The topological polar surface area (TPSA) is 51.0 Å². The highest BCUT2D eigenvalue weighted by atomic mass is 16.2. The van der Waals surface area contributed by atoms with E-state index in [9.17, 15) is 4.79 Å². The predicted octanol–water partition coefficient (Wildman–Crippen LogP) is 2.72. The van der Waals surface area contributed by atoms with Gasteiger partial charge in [-0.1, -0.05) is 29.5 Å². The maximum absolute atomic E-state index is 12.3. The molecule has 2 heterocycles. The molecular weight excluding hydrogens is 288 g/mol. The van der Waals surface area contributed by atoms with E-state index in [2.05, 4.69) is 10.3 Å². The highest BCUT2D eigenvalue weighted by Gasteiger charge is 2.19. The van der Waals surface area contributed by atoms with E-state index in [4.69, 9.17) is 0 Å². The third kappa shape index (κ3) is 2.70. The molecule has 3 aromatic rings. The zero-order valence-corrected chi connectivity index (χ0v) is 12.9. The summed E-state index contributed by atoms with van der Waals surface area (Å²) in [7, 11) is 0. The van der Waals surface area contributed by atoms with Gasteiger partial charge in [-0.25, -0.2) is 4.68 Å². The third-order valence-corrected chi connectivity index (χ3v) is 4.35. The van der Waals surface area contributed by atoms with Crippen molar-refractivity contribution in [2.75, 3.05) is 13.1 Å². The first kappa shape index (κ1) is 13.9. The van der Waals surface area contributed by atoms with Gasteiger partial charge in [-0.15, -0.1) is 5.10 Å². The Morgan fingerprint density at radius 1 is 1.00 bits per heavy atom. The van der Waals surface area contributed by atoms with Crippen LogP contribution in [0.4, 0.5) is 0 Å². The second-order valence-electron chi connectivity index (χ2n) is 5.93. The Bertz CT molecular complexity index is 832. The Hall–Kier alpha value is -2.69. The zero-order valence-electron chi connectivity index (χ0n) is 12.9. The van der Waals surface area contributed by atoms with Crippen LogP contribution < -0.4 is 0 Å². The summed E-state index contributed by atoms with van der Waals surface area (Å²) >= 11 is 0. The minimum absolute atomic E-state index is 0.139. The number of hydrogen-bond acceptors (Lipinski definition) is 3. The summed E-state index contributed by atoms with van der Waals surface area (Å²) in [4.78, 5) is 14.3. The molecule has 0 spiro atoms. The van der Waals surface area contributed by atoms with Crippen LogP contribution in [0.1, 0.15) is 28.8 Å². The van der Waals surface area contributed by atoms with Gasteiger partial charge in [0.25, 0.3) is 5.91 Å². The van der Waals surface area contributed by atoms with Gasteiger partial charge in [0.1, 0.15) is 5.52 Å². The number of carbonyl (C=O) groups excluding carboxylic acids is 1. The van der Waals surface area contributed by atoms with Crippen LogP contribution in [0.2, 0.25) is 0 Å². The Morgan fingerprint density at radius 2 is 1.74 bits per heavy atom. The highest BCUT2D eigenvalue weighted by Crippen LogP contribution is 2.15. The summed E-state index contributed by atoms with van der Waals surface area (Å²) in [6, 6.07) is 15.7. The van der Waals surface area contributed by atoms with E-state index in [0.717, 1.165) is 48.1 Å². The van der Waals surface area contributed by atoms with Crippen molar-refractivity contribution >= 4 is 16.9 Å². The number of amides is 1. The normalized spacial score (nSPS) is 14.5. The average Bonchev–Trinajstić information content (AvgIpc) is 3.25. The van der Waals surface area contributed by atoms with E-state index in [-0.39, 0.29) is 5.91 Å². The number of likely N-dealkylation sites (tertiary alicyclic amines) is 1. The van der Waals surface area contributed by atoms with Crippen molar-refractivity contribution in [3.8, 4) is 0 Å². The standard InChI is InChI=1S/C18H18N4O/c23-18(21-11-3-4-12-21)15-9-7-14(8-10-15)13-22-17-6-2-1-5-16(17)19-20-22/h1-2,5-10H,3-4,11-13H2. The van der Waals surface area contributed by atoms with E-state index in [0.29, 0.717) is 6.54 Å². The Labute approximate surface area is 134 Å². The molecule has 0 saturated carbocycles. The molecule has 0 bridgehead atoms. The first-order valence-corrected chi connectivity index (χ1v) is 7.98. The quantitative estimate of drug-likeness (QED) is 0.747. The SMILES string of the molecule is O=C(c1ccc(Cn2nnc3ccccc32)cc1)N1CCCC1. The molecule has 5 nitrogen and oxygen atoms in total. The number of nitrogens with zero attached hydrogens (tertiary/aromatic N) is 4. The molecular formula is C18H18N4O. The summed E-state index contributed by atoms with van der Waals surface area (Å²) < 4.78 is 1.88. The first-order chi connectivity index (χ1) is 11.3. The van der Waals surface area contributed by atoms with Gasteiger partial charge in [-0.05, 0) is 42.7 Å². The lowest BCUT2D eigenvalue weighted by Crippen LogP contribution is -2.27. The van der Waals surface area contributed by atoms with Gasteiger partial charge in [-0.2, -0.15) is 0 Å². The first-order valence-electron chi connectivity index (χ1n) is 7.98. The Kier molecular flexibility index (Phi) is 3.54. The second-order valence-corrected chi connectivity index (χ2v) is 5.93. The zero-order chi connectivity index (χ0) is 15.6. The van der Waals surface area contributed by atoms with Crippen molar-refractivity contribution in [1.82, 2.24) is 19.9 Å². The molecule has 0 unspecified atom stereocenters. The number of fused-ring (bicyclic) bond motifs is 1. The summed E-state index contributed by atoms with van der Waals surface area (Å²) in [6.45, 7) is 2.41. The van der Waals surface area contributed by atoms with Gasteiger partial charge < -0.3 is 4.90 Å². The van der Waals surface area contributed by atoms with Crippen LogP contribution in [-0.4, -0.2) is 38.9 Å². The number of aromatic nitrogens is 3. The van der Waals surface area contributed by atoms with Crippen LogP contribution >= 0.6 is 0 Å². The van der Waals surface area contributed by atoms with Crippen LogP contribution in [0.25, 0.3) is 11.0 Å². The van der Waals surface area contributed by atoms with E-state index in [1.807, 2.05) is 58.1 Å². The van der Waals surface area contributed by atoms with Crippen LogP contribution in [0.3, 0.4) is 0 Å². The molecule has 4 rings (SSSR count). The summed E-state index contributed by atoms with van der Waals surface area (Å²) in [5, 5.41) is 8.37. The van der Waals surface area contributed by atoms with E-state index < -0.39 is 0 Å². The van der Waals surface area contributed by atoms with Crippen LogP contribution in [0, 0.1) is 0 Å². The molecule has 1 aliphatic rings. The fourth-order valence-corrected chi connectivity index (χ4v) is 3.06. The van der Waals surface area contributed by atoms with Crippen LogP contribution in [0.15, 0.2) is 48.5 Å². The molecule has 2 aromatic carbocycles. The number of carbonyl (C=O) groups is 1. The molecule has 0 atom stereocenters. The molecule has 1 amide bonds. The minimum Gasteiger partial charge on any atom is -0.339 e. The molecule has 1 saturated heterocycles. The molecule has 116 valence electrons. The Balaban J connectivity index is 1.53. The molecule has 0 aliphatic carbocycles. The van der Waals surface area contributed by atoms with Gasteiger partial charge in [-0.3, -0.25) is 4.79 Å². The lowest BCUT2D eigenvalue weighted by Gasteiger charge is -2.15. The summed E-state index contributed by atoms with van der Waals surface area (Å²) in [6.07, 6.45) is 2.23. The van der Waals surface area contributed by atoms with Crippen molar-refractivity contribution in [3.63, 3.8) is 0 Å². The smallest absolute Gasteiger partial charge is 0.253 e. The van der Waals surface area contributed by atoms with Crippen molar-refractivity contribution in [3.05, 3.63) is 59.7 Å². The number of para-hydroxylation sites is 1. The molecule has 0 radical (unpaired) electrons. The van der Waals surface area contributed by atoms with Crippen LogP contribution in [-0.2, 0) is 6.54 Å². The molecule has 1 aromatic heterocycles. The van der Waals surface area contributed by atoms with Crippen molar-refractivity contribution < 1.29 is 4.79 Å². The second kappa shape index (κ2) is 5.83. The van der Waals surface area contributed by atoms with Crippen molar-refractivity contribution in [1.29, 1.82) is 0 Å². The minimum atomic E-state index is 0.139. The average molecular weight is 306 g/mol. The van der Waals surface area contributed by atoms with Gasteiger partial charge in [0.05, 0.1) is 12.1 Å². The predicted molar refractivity (Wildman–Crippen MR) is 88.2 cm³/mol. The molecule has 1 aliphatic heterocycles. The van der Waals surface area contributed by atoms with Crippen molar-refractivity contribution in [2.45, 2.75) is 19.4 Å². The van der Waals surface area contributed by atoms with Gasteiger partial charge in [0.15, 0.2) is 0 Å². The fraction of sp³-hybridized carbons (Fsp3) is 0.278. The summed E-state index contributed by atoms with van der Waals surface area (Å²) in [5.41, 5.74) is 3.79. The van der Waals surface area contributed by atoms with Gasteiger partial charge in [0, 0.05) is 18.7 Å². The summed E-state index contributed by atoms with van der Waals surface area (Å²) in [5.74, 6) is 0.139. The van der Waals surface area contributed by atoms with Crippen molar-refractivity contribution in [2.24, 2.45) is 0 Å². The van der Waals surface area contributed by atoms with E-state index in [1.165, 1.54) is 0 Å². The maximum Gasteiger partial charge on any atom is 0.253 e. The van der Waals surface area contributed by atoms with E-state index in [1.54, 1.807) is 0 Å². The molecule has 5 heteroatoms. The van der Waals surface area contributed by atoms with E-state index >= 15 is 0 Å². The highest BCUT2D eigenvalue weighted by molar-refractivity contribution is 5.94. The van der Waals surface area contributed by atoms with Gasteiger partial charge >= 0.3 is 0 Å². The fourth-order valence-electron chi connectivity index (χ4n) is 3.06. The lowest BCUT2D eigenvalue weighted by atomic mass is 10.1. The largest absolute Gasteiger partial charge is 0.339 e. The maximum atomic E-state index is 12.3. The monoisotopic (exact) mass is 306 g/mol. The number of hydrogen-bond donors (Lipinski definition) is 0. The third-order valence-electron chi connectivity index (χ3n) is 4.35. The Morgan fingerprint density at radius 3 is 2.52 bits per heavy atom. The van der Waals surface area contributed by atoms with Gasteiger partial charge in [0.2, 0.25) is 0 Å². The van der Waals surface area contributed by atoms with Crippen LogP contribution in [0.5, 0.6) is 0 Å². The lowest BCUT2D eigenvalue weighted by molar-refractivity contribution is 0.0793.